The van der Waals surface area contributed by atoms with Crippen LogP contribution in [-0.2, 0) is 19.4 Å². The first-order valence-corrected chi connectivity index (χ1v) is 6.51. The van der Waals surface area contributed by atoms with E-state index in [1.165, 1.54) is 0 Å². The normalized spacial score (nSPS) is 10.7. The molecule has 0 unspecified atom stereocenters. The van der Waals surface area contributed by atoms with Crippen LogP contribution >= 0.6 is 0 Å². The Morgan fingerprint density at radius 2 is 1.79 bits per heavy atom. The van der Waals surface area contributed by atoms with Crippen LogP contribution in [0.1, 0.15) is 31.1 Å². The topological polar surface area (TPSA) is 71.2 Å². The summed E-state index contributed by atoms with van der Waals surface area (Å²) in [6.07, 6.45) is 1.68. The quantitative estimate of drug-likeness (QED) is 0.749. The first-order chi connectivity index (χ1) is 9.13. The van der Waals surface area contributed by atoms with E-state index < -0.39 is 7.12 Å². The standard InChI is InChI=1S/C13H18BN3O2/c1-3-12-15-13(4-2)17(16-12)9-10-5-7-11(8-6-10)14(18)19/h5-8,18-19H,3-4,9H2,1-2H3. The molecule has 19 heavy (non-hydrogen) atoms. The lowest BCUT2D eigenvalue weighted by Crippen LogP contribution is -2.29. The maximum Gasteiger partial charge on any atom is 0.488 e. The molecule has 0 atom stereocenters. The summed E-state index contributed by atoms with van der Waals surface area (Å²) in [6.45, 7) is 4.75. The van der Waals surface area contributed by atoms with E-state index in [4.69, 9.17) is 10.0 Å². The van der Waals surface area contributed by atoms with Gasteiger partial charge in [-0.1, -0.05) is 38.1 Å². The summed E-state index contributed by atoms with van der Waals surface area (Å²) in [5.74, 6) is 1.84. The van der Waals surface area contributed by atoms with Crippen LogP contribution in [0.2, 0.25) is 0 Å². The Kier molecular flexibility index (Phi) is 4.34. The fraction of sp³-hybridized carbons (Fsp3) is 0.385. The molecule has 0 spiro atoms. The molecule has 1 aromatic carbocycles. The minimum atomic E-state index is -1.42. The Bertz CT molecular complexity index is 537. The second-order valence-corrected chi connectivity index (χ2v) is 4.42. The Morgan fingerprint density at radius 3 is 2.32 bits per heavy atom. The third kappa shape index (κ3) is 3.21. The molecule has 0 saturated heterocycles. The van der Waals surface area contributed by atoms with E-state index in [2.05, 4.69) is 17.0 Å². The van der Waals surface area contributed by atoms with Crippen molar-refractivity contribution in [3.63, 3.8) is 0 Å². The van der Waals surface area contributed by atoms with E-state index in [-0.39, 0.29) is 0 Å². The van der Waals surface area contributed by atoms with Crippen LogP contribution in [0.4, 0.5) is 0 Å². The molecule has 0 aliphatic heterocycles. The van der Waals surface area contributed by atoms with Crippen LogP contribution < -0.4 is 5.46 Å². The van der Waals surface area contributed by atoms with Gasteiger partial charge in [0.15, 0.2) is 5.82 Å². The average Bonchev–Trinajstić information content (AvgIpc) is 2.81. The van der Waals surface area contributed by atoms with Gasteiger partial charge in [-0.2, -0.15) is 5.10 Å². The molecule has 0 saturated carbocycles. The summed E-state index contributed by atoms with van der Waals surface area (Å²) < 4.78 is 1.91. The van der Waals surface area contributed by atoms with Crippen molar-refractivity contribution in [2.45, 2.75) is 33.2 Å². The van der Waals surface area contributed by atoms with Gasteiger partial charge in [-0.3, -0.25) is 0 Å². The maximum atomic E-state index is 9.05. The van der Waals surface area contributed by atoms with Gasteiger partial charge in [0.25, 0.3) is 0 Å². The Balaban J connectivity index is 2.18. The summed E-state index contributed by atoms with van der Waals surface area (Å²) in [7, 11) is -1.42. The third-order valence-electron chi connectivity index (χ3n) is 3.03. The average molecular weight is 259 g/mol. The van der Waals surface area contributed by atoms with E-state index in [1.54, 1.807) is 12.1 Å². The van der Waals surface area contributed by atoms with Crippen molar-refractivity contribution in [1.82, 2.24) is 14.8 Å². The number of hydrogen-bond donors (Lipinski definition) is 2. The minimum Gasteiger partial charge on any atom is -0.423 e. The van der Waals surface area contributed by atoms with Gasteiger partial charge < -0.3 is 10.0 Å². The van der Waals surface area contributed by atoms with Gasteiger partial charge in [-0.25, -0.2) is 9.67 Å². The van der Waals surface area contributed by atoms with Crippen molar-refractivity contribution in [2.75, 3.05) is 0 Å². The molecular weight excluding hydrogens is 241 g/mol. The molecule has 0 radical (unpaired) electrons. The molecule has 0 fully saturated rings. The van der Waals surface area contributed by atoms with Crippen LogP contribution in [0.15, 0.2) is 24.3 Å². The first-order valence-electron chi connectivity index (χ1n) is 6.51. The van der Waals surface area contributed by atoms with E-state index in [0.29, 0.717) is 12.0 Å². The van der Waals surface area contributed by atoms with Crippen LogP contribution in [0.3, 0.4) is 0 Å². The highest BCUT2D eigenvalue weighted by atomic mass is 16.4. The molecule has 1 heterocycles. The SMILES string of the molecule is CCc1nc(CC)n(Cc2ccc(B(O)O)cc2)n1. The summed E-state index contributed by atoms with van der Waals surface area (Å²) >= 11 is 0. The fourth-order valence-corrected chi connectivity index (χ4v) is 1.93. The molecule has 5 nitrogen and oxygen atoms in total. The van der Waals surface area contributed by atoms with Gasteiger partial charge in [0.05, 0.1) is 6.54 Å². The predicted octanol–water partition coefficient (Wildman–Crippen LogP) is 0.131. The molecule has 6 heteroatoms. The van der Waals surface area contributed by atoms with Gasteiger partial charge in [-0.15, -0.1) is 0 Å². The van der Waals surface area contributed by atoms with Gasteiger partial charge in [-0.05, 0) is 11.0 Å². The molecular formula is C13H18BN3O2. The van der Waals surface area contributed by atoms with E-state index >= 15 is 0 Å². The van der Waals surface area contributed by atoms with Crippen molar-refractivity contribution in [3.05, 3.63) is 41.5 Å². The molecule has 2 rings (SSSR count). The zero-order valence-corrected chi connectivity index (χ0v) is 11.2. The number of aromatic nitrogens is 3. The van der Waals surface area contributed by atoms with E-state index in [1.807, 2.05) is 23.7 Å². The molecule has 1 aromatic heterocycles. The molecule has 0 aliphatic carbocycles. The van der Waals surface area contributed by atoms with Crippen molar-refractivity contribution in [3.8, 4) is 0 Å². The predicted molar refractivity (Wildman–Crippen MR) is 74.1 cm³/mol. The Labute approximate surface area is 113 Å². The number of rotatable bonds is 5. The van der Waals surface area contributed by atoms with Crippen molar-refractivity contribution in [2.24, 2.45) is 0 Å². The first kappa shape index (κ1) is 13.8. The Morgan fingerprint density at radius 1 is 1.11 bits per heavy atom. The summed E-state index contributed by atoms with van der Waals surface area (Å²) in [4.78, 5) is 4.46. The molecule has 2 N–H and O–H groups in total. The summed E-state index contributed by atoms with van der Waals surface area (Å²) in [5, 5.41) is 22.6. The van der Waals surface area contributed by atoms with Gasteiger partial charge in [0.1, 0.15) is 5.82 Å². The second kappa shape index (κ2) is 5.99. The van der Waals surface area contributed by atoms with Crippen LogP contribution in [0.5, 0.6) is 0 Å². The van der Waals surface area contributed by atoms with Gasteiger partial charge in [0.2, 0.25) is 0 Å². The lowest BCUT2D eigenvalue weighted by atomic mass is 9.80. The highest BCUT2D eigenvalue weighted by molar-refractivity contribution is 6.58. The zero-order valence-electron chi connectivity index (χ0n) is 11.2. The fourth-order valence-electron chi connectivity index (χ4n) is 1.93. The van der Waals surface area contributed by atoms with Gasteiger partial charge >= 0.3 is 7.12 Å². The zero-order chi connectivity index (χ0) is 13.8. The molecule has 0 aliphatic rings. The minimum absolute atomic E-state index is 0.493. The lowest BCUT2D eigenvalue weighted by molar-refractivity contribution is 0.426. The number of aryl methyl sites for hydroxylation is 2. The third-order valence-corrected chi connectivity index (χ3v) is 3.03. The van der Waals surface area contributed by atoms with Crippen molar-refractivity contribution < 1.29 is 10.0 Å². The van der Waals surface area contributed by atoms with Crippen LogP contribution in [0.25, 0.3) is 0 Å². The van der Waals surface area contributed by atoms with Crippen LogP contribution in [-0.4, -0.2) is 31.9 Å². The highest BCUT2D eigenvalue weighted by Gasteiger charge is 2.11. The number of nitrogens with zero attached hydrogens (tertiary/aromatic N) is 3. The Hall–Kier alpha value is -1.66. The highest BCUT2D eigenvalue weighted by Crippen LogP contribution is 2.06. The number of benzene rings is 1. The van der Waals surface area contributed by atoms with Crippen LogP contribution in [0, 0.1) is 0 Å². The molecule has 0 amide bonds. The van der Waals surface area contributed by atoms with Gasteiger partial charge in [0, 0.05) is 12.8 Å². The second-order valence-electron chi connectivity index (χ2n) is 4.42. The number of hydrogen-bond acceptors (Lipinski definition) is 4. The molecule has 100 valence electrons. The maximum absolute atomic E-state index is 9.05. The molecule has 0 bridgehead atoms. The monoisotopic (exact) mass is 259 g/mol. The lowest BCUT2D eigenvalue weighted by Gasteiger charge is -2.06. The van der Waals surface area contributed by atoms with E-state index in [9.17, 15) is 0 Å². The summed E-state index contributed by atoms with van der Waals surface area (Å²) in [5.41, 5.74) is 1.55. The molecule has 2 aromatic rings. The smallest absolute Gasteiger partial charge is 0.423 e. The summed E-state index contributed by atoms with van der Waals surface area (Å²) in [6, 6.07) is 7.18. The largest absolute Gasteiger partial charge is 0.488 e. The van der Waals surface area contributed by atoms with Crippen molar-refractivity contribution in [1.29, 1.82) is 0 Å². The van der Waals surface area contributed by atoms with E-state index in [0.717, 1.165) is 30.1 Å². The van der Waals surface area contributed by atoms with Crippen molar-refractivity contribution >= 4 is 12.6 Å².